The number of rotatable bonds is 0. The molecular formula is C5H10OY-2. The van der Waals surface area contributed by atoms with Crippen LogP contribution < -0.4 is 0 Å². The molecule has 0 aliphatic carbocycles. The Labute approximate surface area is 70.7 Å². The van der Waals surface area contributed by atoms with Crippen LogP contribution in [0.2, 0.25) is 0 Å². The van der Waals surface area contributed by atoms with Gasteiger partial charge in [-0.2, -0.15) is 6.92 Å². The Morgan fingerprint density at radius 3 is 1.71 bits per heavy atom. The van der Waals surface area contributed by atoms with Crippen molar-refractivity contribution in [2.45, 2.75) is 6.92 Å². The summed E-state index contributed by atoms with van der Waals surface area (Å²) >= 11 is 0. The van der Waals surface area contributed by atoms with Gasteiger partial charge in [0.15, 0.2) is 0 Å². The first-order chi connectivity index (χ1) is 2.39. The van der Waals surface area contributed by atoms with E-state index in [2.05, 4.69) is 6.92 Å². The van der Waals surface area contributed by atoms with Gasteiger partial charge in [0.05, 0.1) is 0 Å². The van der Waals surface area contributed by atoms with Crippen molar-refractivity contribution in [2.75, 3.05) is 13.2 Å². The van der Waals surface area contributed by atoms with Crippen molar-refractivity contribution < 1.29 is 37.4 Å². The van der Waals surface area contributed by atoms with Gasteiger partial charge < -0.3 is 12.2 Å². The fourth-order valence-corrected chi connectivity index (χ4v) is 0.306. The number of ether oxygens (including phenoxy) is 1. The molecule has 0 aromatic rings. The summed E-state index contributed by atoms with van der Waals surface area (Å²) in [4.78, 5) is 0. The predicted octanol–water partition coefficient (Wildman–Crippen LogP) is 1.06. The van der Waals surface area contributed by atoms with E-state index >= 15 is 0 Å². The molecule has 1 fully saturated rings. The quantitative estimate of drug-likeness (QED) is 0.500. The number of hydrogen-bond acceptors (Lipinski definition) is 1. The summed E-state index contributed by atoms with van der Waals surface area (Å²) in [5, 5.41) is 0. The van der Waals surface area contributed by atoms with Crippen LogP contribution in [0, 0.1) is 13.3 Å². The van der Waals surface area contributed by atoms with E-state index < -0.39 is 0 Å². The Morgan fingerprint density at radius 1 is 1.43 bits per heavy atom. The first-order valence-electron chi connectivity index (χ1n) is 1.78. The SMILES string of the molecule is C[C-]1COC1.[CH3-].[Y]. The van der Waals surface area contributed by atoms with Crippen molar-refractivity contribution in [3.05, 3.63) is 13.3 Å². The molecule has 2 heteroatoms. The zero-order valence-corrected chi connectivity index (χ0v) is 7.74. The molecule has 1 heterocycles. The zero-order valence-electron chi connectivity index (χ0n) is 4.90. The van der Waals surface area contributed by atoms with Gasteiger partial charge in [0.25, 0.3) is 0 Å². The van der Waals surface area contributed by atoms with Crippen LogP contribution in [0.15, 0.2) is 0 Å². The van der Waals surface area contributed by atoms with Crippen LogP contribution >= 0.6 is 0 Å². The largest absolute Gasteiger partial charge is 0.444 e. The van der Waals surface area contributed by atoms with Gasteiger partial charge in [0.1, 0.15) is 0 Å². The summed E-state index contributed by atoms with van der Waals surface area (Å²) in [5.74, 6) is 1.46. The van der Waals surface area contributed by atoms with Gasteiger partial charge in [-0.25, -0.2) is 0 Å². The fraction of sp³-hybridized carbons (Fsp3) is 0.600. The van der Waals surface area contributed by atoms with Crippen molar-refractivity contribution in [3.8, 4) is 0 Å². The molecule has 1 saturated heterocycles. The van der Waals surface area contributed by atoms with Crippen molar-refractivity contribution in [3.63, 3.8) is 0 Å². The van der Waals surface area contributed by atoms with Crippen molar-refractivity contribution in [2.24, 2.45) is 0 Å². The predicted molar refractivity (Wildman–Crippen MR) is 26.1 cm³/mol. The van der Waals surface area contributed by atoms with Crippen LogP contribution in [0.3, 0.4) is 0 Å². The van der Waals surface area contributed by atoms with Crippen LogP contribution in [0.25, 0.3) is 0 Å². The summed E-state index contributed by atoms with van der Waals surface area (Å²) in [6.45, 7) is 3.91. The molecular weight excluding hydrogens is 165 g/mol. The minimum absolute atomic E-state index is 0. The van der Waals surface area contributed by atoms with E-state index in [-0.39, 0.29) is 40.1 Å². The maximum absolute atomic E-state index is 4.80. The van der Waals surface area contributed by atoms with Crippen LogP contribution in [-0.2, 0) is 37.4 Å². The standard InChI is InChI=1S/C4H7O.CH3.Y/c1-4-2-5-3-4;;/h2-3H2,1H3;1H3;/q2*-1;. The van der Waals surface area contributed by atoms with E-state index in [1.54, 1.807) is 0 Å². The van der Waals surface area contributed by atoms with Gasteiger partial charge in [-0.1, -0.05) is 13.2 Å². The van der Waals surface area contributed by atoms with Gasteiger partial charge in [-0.3, -0.25) is 5.92 Å². The summed E-state index contributed by atoms with van der Waals surface area (Å²) in [7, 11) is 0. The third-order valence-electron chi connectivity index (χ3n) is 0.697. The van der Waals surface area contributed by atoms with Crippen LogP contribution in [0.4, 0.5) is 0 Å². The minimum Gasteiger partial charge on any atom is -0.444 e. The van der Waals surface area contributed by atoms with Crippen molar-refractivity contribution in [1.82, 2.24) is 0 Å². The van der Waals surface area contributed by atoms with E-state index in [1.165, 1.54) is 5.92 Å². The molecule has 0 spiro atoms. The van der Waals surface area contributed by atoms with Gasteiger partial charge in [0.2, 0.25) is 0 Å². The Balaban J connectivity index is 0. The van der Waals surface area contributed by atoms with E-state index in [4.69, 9.17) is 4.74 Å². The van der Waals surface area contributed by atoms with Gasteiger partial charge in [-0.05, 0) is 0 Å². The van der Waals surface area contributed by atoms with E-state index in [0.717, 1.165) is 13.2 Å². The summed E-state index contributed by atoms with van der Waals surface area (Å²) in [6, 6.07) is 0. The first kappa shape index (κ1) is 10.9. The van der Waals surface area contributed by atoms with E-state index in [1.807, 2.05) is 0 Å². The first-order valence-corrected chi connectivity index (χ1v) is 1.78. The molecule has 1 nitrogen and oxygen atoms in total. The molecule has 0 amide bonds. The normalized spacial score (nSPS) is 18.4. The van der Waals surface area contributed by atoms with Gasteiger partial charge >= 0.3 is 0 Å². The van der Waals surface area contributed by atoms with Crippen LogP contribution in [0.5, 0.6) is 0 Å². The maximum atomic E-state index is 4.80. The second-order valence-electron chi connectivity index (χ2n) is 1.45. The van der Waals surface area contributed by atoms with Crippen LogP contribution in [0.1, 0.15) is 6.92 Å². The smallest absolute Gasteiger partial charge is 0 e. The molecule has 0 N–H and O–H groups in total. The molecule has 1 aliphatic heterocycles. The fourth-order valence-electron chi connectivity index (χ4n) is 0.306. The topological polar surface area (TPSA) is 9.23 Å². The molecule has 0 saturated carbocycles. The molecule has 1 rings (SSSR count). The minimum atomic E-state index is 0. The maximum Gasteiger partial charge on any atom is 0 e. The second-order valence-corrected chi connectivity index (χ2v) is 1.45. The molecule has 0 bridgehead atoms. The van der Waals surface area contributed by atoms with E-state index in [0.29, 0.717) is 0 Å². The third kappa shape index (κ3) is 3.63. The molecule has 1 aliphatic rings. The second kappa shape index (κ2) is 5.21. The Morgan fingerprint density at radius 2 is 1.71 bits per heavy atom. The van der Waals surface area contributed by atoms with Crippen molar-refractivity contribution in [1.29, 1.82) is 0 Å². The average molecular weight is 175 g/mol. The monoisotopic (exact) mass is 175 g/mol. The summed E-state index contributed by atoms with van der Waals surface area (Å²) in [6.07, 6.45) is 0. The Hall–Kier alpha value is 1.06. The molecule has 7 heavy (non-hydrogen) atoms. The third-order valence-corrected chi connectivity index (χ3v) is 0.697. The van der Waals surface area contributed by atoms with Gasteiger partial charge in [0, 0.05) is 32.7 Å². The van der Waals surface area contributed by atoms with Crippen molar-refractivity contribution >= 4 is 0 Å². The molecule has 0 aromatic carbocycles. The number of hydrogen-bond donors (Lipinski definition) is 0. The molecule has 0 unspecified atom stereocenters. The van der Waals surface area contributed by atoms with Gasteiger partial charge in [-0.15, -0.1) is 0 Å². The van der Waals surface area contributed by atoms with E-state index in [9.17, 15) is 0 Å². The molecule has 1 radical (unpaired) electrons. The summed E-state index contributed by atoms with van der Waals surface area (Å²) in [5.41, 5.74) is 0. The Bertz CT molecular complexity index is 35.1. The zero-order chi connectivity index (χ0) is 3.70. The average Bonchev–Trinajstić information content (AvgIpc) is 1.30. The summed E-state index contributed by atoms with van der Waals surface area (Å²) < 4.78 is 4.80. The molecule has 0 aromatic heterocycles. The Kier molecular flexibility index (Phi) is 8.14. The molecule has 41 valence electrons. The van der Waals surface area contributed by atoms with Crippen LogP contribution in [-0.4, -0.2) is 13.2 Å². The molecule has 0 atom stereocenters.